The number of ether oxygens (including phenoxy) is 1. The van der Waals surface area contributed by atoms with E-state index in [0.717, 1.165) is 37.4 Å². The van der Waals surface area contributed by atoms with Gasteiger partial charge in [0, 0.05) is 24.5 Å². The first-order valence-corrected chi connectivity index (χ1v) is 8.08. The van der Waals surface area contributed by atoms with E-state index in [-0.39, 0.29) is 11.8 Å². The minimum absolute atomic E-state index is 0.0248. The van der Waals surface area contributed by atoms with E-state index in [4.69, 9.17) is 4.74 Å². The van der Waals surface area contributed by atoms with Crippen molar-refractivity contribution in [2.24, 2.45) is 5.92 Å². The highest BCUT2D eigenvalue weighted by atomic mass is 16.5. The van der Waals surface area contributed by atoms with Crippen LogP contribution in [0.15, 0.2) is 54.6 Å². The Morgan fingerprint density at radius 3 is 2.52 bits per heavy atom. The Morgan fingerprint density at radius 2 is 1.83 bits per heavy atom. The van der Waals surface area contributed by atoms with Crippen molar-refractivity contribution in [1.82, 2.24) is 0 Å². The van der Waals surface area contributed by atoms with E-state index in [1.165, 1.54) is 5.56 Å². The number of carbonyl (C=O) groups is 1. The van der Waals surface area contributed by atoms with Gasteiger partial charge in [-0.1, -0.05) is 30.3 Å². The Labute approximate surface area is 136 Å². The second-order valence-electron chi connectivity index (χ2n) is 5.82. The van der Waals surface area contributed by atoms with Gasteiger partial charge >= 0.3 is 0 Å². The minimum Gasteiger partial charge on any atom is -0.381 e. The first kappa shape index (κ1) is 15.6. The first-order valence-electron chi connectivity index (χ1n) is 8.08. The van der Waals surface area contributed by atoms with Crippen LogP contribution in [0.4, 0.5) is 11.4 Å². The highest BCUT2D eigenvalue weighted by molar-refractivity contribution is 5.92. The lowest BCUT2D eigenvalue weighted by atomic mass is 10.0. The molecule has 2 N–H and O–H groups in total. The van der Waals surface area contributed by atoms with Crippen LogP contribution in [-0.2, 0) is 16.1 Å². The number of carbonyl (C=O) groups excluding carboxylic acids is 1. The molecule has 4 heteroatoms. The van der Waals surface area contributed by atoms with Crippen LogP contribution in [0.5, 0.6) is 0 Å². The largest absolute Gasteiger partial charge is 0.381 e. The molecule has 0 aromatic heterocycles. The maximum absolute atomic E-state index is 12.2. The number of anilines is 2. The van der Waals surface area contributed by atoms with E-state index < -0.39 is 0 Å². The third-order valence-corrected chi connectivity index (χ3v) is 4.02. The quantitative estimate of drug-likeness (QED) is 0.886. The Morgan fingerprint density at radius 1 is 1.04 bits per heavy atom. The summed E-state index contributed by atoms with van der Waals surface area (Å²) in [6, 6.07) is 18.1. The van der Waals surface area contributed by atoms with Crippen molar-refractivity contribution in [3.8, 4) is 0 Å². The summed E-state index contributed by atoms with van der Waals surface area (Å²) in [7, 11) is 0. The molecule has 0 aliphatic carbocycles. The summed E-state index contributed by atoms with van der Waals surface area (Å²) in [5.74, 6) is 0.0306. The van der Waals surface area contributed by atoms with Gasteiger partial charge in [0.1, 0.15) is 0 Å². The van der Waals surface area contributed by atoms with Crippen LogP contribution in [0, 0.1) is 5.92 Å². The molecule has 0 bridgehead atoms. The van der Waals surface area contributed by atoms with Crippen molar-refractivity contribution < 1.29 is 9.53 Å². The number of nitrogens with one attached hydrogen (secondary N) is 2. The molecule has 23 heavy (non-hydrogen) atoms. The van der Waals surface area contributed by atoms with Crippen LogP contribution in [-0.4, -0.2) is 19.1 Å². The fourth-order valence-electron chi connectivity index (χ4n) is 2.66. The van der Waals surface area contributed by atoms with Crippen molar-refractivity contribution in [1.29, 1.82) is 0 Å². The summed E-state index contributed by atoms with van der Waals surface area (Å²) >= 11 is 0. The van der Waals surface area contributed by atoms with Crippen molar-refractivity contribution in [2.45, 2.75) is 19.4 Å². The van der Waals surface area contributed by atoms with Crippen LogP contribution in [0.25, 0.3) is 0 Å². The molecule has 2 aromatic rings. The molecular weight excluding hydrogens is 288 g/mol. The van der Waals surface area contributed by atoms with Crippen LogP contribution in [0.2, 0.25) is 0 Å². The molecule has 1 heterocycles. The monoisotopic (exact) mass is 310 g/mol. The zero-order valence-electron chi connectivity index (χ0n) is 13.1. The zero-order valence-corrected chi connectivity index (χ0v) is 13.1. The standard InChI is InChI=1S/C19H22N2O2/c22-19(16-5-4-12-23-14-16)21-18-10-8-15(9-11-18)13-20-17-6-2-1-3-7-17/h1-3,6-11,16,20H,4-5,12-14H2,(H,21,22). The molecular formula is C19H22N2O2. The lowest BCUT2D eigenvalue weighted by Gasteiger charge is -2.21. The van der Waals surface area contributed by atoms with Gasteiger partial charge in [-0.25, -0.2) is 0 Å². The SMILES string of the molecule is O=C(Nc1ccc(CNc2ccccc2)cc1)C1CCCOC1. The molecule has 1 amide bonds. The van der Waals surface area contributed by atoms with Crippen molar-refractivity contribution >= 4 is 17.3 Å². The normalized spacial score (nSPS) is 17.5. The topological polar surface area (TPSA) is 50.4 Å². The van der Waals surface area contributed by atoms with E-state index in [1.807, 2.05) is 54.6 Å². The smallest absolute Gasteiger partial charge is 0.229 e. The predicted molar refractivity (Wildman–Crippen MR) is 92.4 cm³/mol. The molecule has 0 spiro atoms. The lowest BCUT2D eigenvalue weighted by Crippen LogP contribution is -2.30. The van der Waals surface area contributed by atoms with Gasteiger partial charge in [-0.2, -0.15) is 0 Å². The summed E-state index contributed by atoms with van der Waals surface area (Å²) < 4.78 is 5.36. The molecule has 1 saturated heterocycles. The molecule has 1 aliphatic heterocycles. The highest BCUT2D eigenvalue weighted by Gasteiger charge is 2.21. The van der Waals surface area contributed by atoms with E-state index in [2.05, 4.69) is 10.6 Å². The maximum atomic E-state index is 12.2. The average Bonchev–Trinajstić information content (AvgIpc) is 2.63. The lowest BCUT2D eigenvalue weighted by molar-refractivity contribution is -0.123. The van der Waals surface area contributed by atoms with E-state index in [9.17, 15) is 4.79 Å². The molecule has 2 aromatic carbocycles. The third-order valence-electron chi connectivity index (χ3n) is 4.02. The van der Waals surface area contributed by atoms with Crippen LogP contribution < -0.4 is 10.6 Å². The van der Waals surface area contributed by atoms with E-state index in [0.29, 0.717) is 6.61 Å². The number of benzene rings is 2. The van der Waals surface area contributed by atoms with E-state index in [1.54, 1.807) is 0 Å². The van der Waals surface area contributed by atoms with Crippen molar-refractivity contribution in [3.05, 3.63) is 60.2 Å². The summed E-state index contributed by atoms with van der Waals surface area (Å²) in [6.45, 7) is 2.06. The average molecular weight is 310 g/mol. The van der Waals surface area contributed by atoms with Crippen LogP contribution in [0.3, 0.4) is 0 Å². The molecule has 0 radical (unpaired) electrons. The van der Waals surface area contributed by atoms with Gasteiger partial charge in [0.05, 0.1) is 12.5 Å². The molecule has 1 atom stereocenters. The van der Waals surface area contributed by atoms with Gasteiger partial charge in [0.15, 0.2) is 0 Å². The molecule has 3 rings (SSSR count). The van der Waals surface area contributed by atoms with Gasteiger partial charge in [-0.3, -0.25) is 4.79 Å². The highest BCUT2D eigenvalue weighted by Crippen LogP contribution is 2.17. The molecule has 0 saturated carbocycles. The zero-order chi connectivity index (χ0) is 15.9. The van der Waals surface area contributed by atoms with Gasteiger partial charge in [0.25, 0.3) is 0 Å². The van der Waals surface area contributed by atoms with Gasteiger partial charge in [0.2, 0.25) is 5.91 Å². The van der Waals surface area contributed by atoms with Crippen LogP contribution in [0.1, 0.15) is 18.4 Å². The second kappa shape index (κ2) is 7.79. The van der Waals surface area contributed by atoms with Gasteiger partial charge in [-0.15, -0.1) is 0 Å². The fourth-order valence-corrected chi connectivity index (χ4v) is 2.66. The summed E-state index contributed by atoms with van der Waals surface area (Å²) in [4.78, 5) is 12.2. The number of para-hydroxylation sites is 1. The van der Waals surface area contributed by atoms with Crippen molar-refractivity contribution in [2.75, 3.05) is 23.8 Å². The number of hydrogen-bond acceptors (Lipinski definition) is 3. The molecule has 1 aliphatic rings. The molecule has 4 nitrogen and oxygen atoms in total. The predicted octanol–water partition coefficient (Wildman–Crippen LogP) is 3.66. The Balaban J connectivity index is 1.51. The van der Waals surface area contributed by atoms with Gasteiger partial charge in [-0.05, 0) is 42.7 Å². The second-order valence-corrected chi connectivity index (χ2v) is 5.82. The van der Waals surface area contributed by atoms with Crippen molar-refractivity contribution in [3.63, 3.8) is 0 Å². The minimum atomic E-state index is -0.0248. The molecule has 1 unspecified atom stereocenters. The summed E-state index contributed by atoms with van der Waals surface area (Å²) in [5.41, 5.74) is 3.11. The van der Waals surface area contributed by atoms with Gasteiger partial charge < -0.3 is 15.4 Å². The Kier molecular flexibility index (Phi) is 5.27. The first-order chi connectivity index (χ1) is 11.3. The molecule has 1 fully saturated rings. The Hall–Kier alpha value is -2.33. The Bertz CT molecular complexity index is 620. The number of hydrogen-bond donors (Lipinski definition) is 2. The maximum Gasteiger partial charge on any atom is 0.229 e. The number of amides is 1. The van der Waals surface area contributed by atoms with E-state index >= 15 is 0 Å². The van der Waals surface area contributed by atoms with Crippen LogP contribution >= 0.6 is 0 Å². The third kappa shape index (κ3) is 4.57. The summed E-state index contributed by atoms with van der Waals surface area (Å²) in [6.07, 6.45) is 1.87. The fraction of sp³-hybridized carbons (Fsp3) is 0.316. The number of rotatable bonds is 5. The molecule has 120 valence electrons. The summed E-state index contributed by atoms with van der Waals surface area (Å²) in [5, 5.41) is 6.34.